The van der Waals surface area contributed by atoms with Crippen LogP contribution in [0.3, 0.4) is 0 Å². The molecule has 0 saturated carbocycles. The van der Waals surface area contributed by atoms with E-state index in [0.717, 1.165) is 5.56 Å². The second-order valence-electron chi connectivity index (χ2n) is 4.28. The smallest absolute Gasteiger partial charge is 0.320 e. The summed E-state index contributed by atoms with van der Waals surface area (Å²) in [6.07, 6.45) is 0. The lowest BCUT2D eigenvalue weighted by Crippen LogP contribution is -2.18. The van der Waals surface area contributed by atoms with Crippen LogP contribution in [-0.2, 0) is 11.3 Å². The van der Waals surface area contributed by atoms with Gasteiger partial charge in [0.15, 0.2) is 0 Å². The Morgan fingerprint density at radius 2 is 2.20 bits per heavy atom. The summed E-state index contributed by atoms with van der Waals surface area (Å²) in [5, 5.41) is 13.5. The molecular formula is C13H17FN4O2. The van der Waals surface area contributed by atoms with Gasteiger partial charge < -0.3 is 19.8 Å². The predicted octanol–water partition coefficient (Wildman–Crippen LogP) is 2.00. The van der Waals surface area contributed by atoms with Crippen molar-refractivity contribution in [3.63, 3.8) is 0 Å². The molecule has 2 N–H and O–H groups in total. The summed E-state index contributed by atoms with van der Waals surface area (Å²) in [6, 6.07) is 5.03. The van der Waals surface area contributed by atoms with Crippen molar-refractivity contribution in [2.75, 3.05) is 25.6 Å². The second-order valence-corrected chi connectivity index (χ2v) is 4.28. The third-order valence-corrected chi connectivity index (χ3v) is 2.59. The van der Waals surface area contributed by atoms with Gasteiger partial charge in [-0.2, -0.15) is 0 Å². The van der Waals surface area contributed by atoms with E-state index in [1.54, 1.807) is 19.2 Å². The van der Waals surface area contributed by atoms with Gasteiger partial charge in [0, 0.05) is 13.7 Å². The zero-order valence-electron chi connectivity index (χ0n) is 11.4. The maximum Gasteiger partial charge on any atom is 0.320 e. The number of hydrogen-bond donors (Lipinski definition) is 2. The van der Waals surface area contributed by atoms with Gasteiger partial charge in [-0.3, -0.25) is 0 Å². The molecule has 0 saturated heterocycles. The van der Waals surface area contributed by atoms with E-state index in [9.17, 15) is 4.39 Å². The lowest BCUT2D eigenvalue weighted by molar-refractivity contribution is 0.198. The maximum absolute atomic E-state index is 13.7. The number of nitrogens with one attached hydrogen (secondary N) is 2. The first-order chi connectivity index (χ1) is 9.69. The Morgan fingerprint density at radius 1 is 1.35 bits per heavy atom. The van der Waals surface area contributed by atoms with Crippen LogP contribution >= 0.6 is 0 Å². The summed E-state index contributed by atoms with van der Waals surface area (Å²) < 4.78 is 23.9. The molecule has 0 aliphatic heterocycles. The molecule has 0 bridgehead atoms. The topological polar surface area (TPSA) is 72.2 Å². The number of halogens is 1. The van der Waals surface area contributed by atoms with E-state index < -0.39 is 0 Å². The number of benzene rings is 1. The molecule has 0 atom stereocenters. The summed E-state index contributed by atoms with van der Waals surface area (Å²) >= 11 is 0. The van der Waals surface area contributed by atoms with E-state index in [1.165, 1.54) is 6.07 Å². The number of nitrogens with zero attached hydrogens (tertiary/aromatic N) is 2. The Kier molecular flexibility index (Phi) is 5.03. The van der Waals surface area contributed by atoms with Gasteiger partial charge in [0.25, 0.3) is 0 Å². The molecule has 1 aromatic heterocycles. The van der Waals surface area contributed by atoms with Crippen molar-refractivity contribution in [3.8, 4) is 0 Å². The molecular weight excluding hydrogens is 263 g/mol. The second kappa shape index (κ2) is 6.97. The molecule has 0 amide bonds. The first-order valence-corrected chi connectivity index (χ1v) is 6.24. The van der Waals surface area contributed by atoms with E-state index in [2.05, 4.69) is 20.8 Å². The molecule has 7 heteroatoms. The number of rotatable bonds is 7. The third kappa shape index (κ3) is 4.01. The molecule has 108 valence electrons. The Bertz CT molecular complexity index is 559. The first kappa shape index (κ1) is 14.4. The molecule has 0 aliphatic rings. The molecule has 2 rings (SSSR count). The van der Waals surface area contributed by atoms with Gasteiger partial charge in [-0.1, -0.05) is 11.2 Å². The van der Waals surface area contributed by atoms with Crippen LogP contribution in [0.2, 0.25) is 0 Å². The van der Waals surface area contributed by atoms with Crippen molar-refractivity contribution < 1.29 is 13.5 Å². The fourth-order valence-electron chi connectivity index (χ4n) is 1.58. The number of aromatic nitrogens is 2. The minimum Gasteiger partial charge on any atom is -0.406 e. The Hall–Kier alpha value is -1.99. The van der Waals surface area contributed by atoms with Gasteiger partial charge in [0.05, 0.1) is 18.8 Å². The van der Waals surface area contributed by atoms with E-state index in [-0.39, 0.29) is 11.8 Å². The molecule has 0 fully saturated rings. The lowest BCUT2D eigenvalue weighted by atomic mass is 10.2. The van der Waals surface area contributed by atoms with E-state index >= 15 is 0 Å². The monoisotopic (exact) mass is 280 g/mol. The number of aryl methyl sites for hydroxylation is 1. The minimum absolute atomic E-state index is 0.163. The standard InChI is InChI=1S/C13H17FN4O2/c1-9-3-4-11(10(14)7-9)16-13-18-17-12(20-13)8-15-5-6-19-2/h3-4,7,15H,5-6,8H2,1-2H3,(H,16,18). The van der Waals surface area contributed by atoms with Crippen LogP contribution in [0, 0.1) is 12.7 Å². The normalized spacial score (nSPS) is 10.8. The van der Waals surface area contributed by atoms with Crippen molar-refractivity contribution in [1.29, 1.82) is 0 Å². The van der Waals surface area contributed by atoms with Crippen LogP contribution in [0.4, 0.5) is 16.1 Å². The summed E-state index contributed by atoms with van der Waals surface area (Å²) in [7, 11) is 1.63. The number of anilines is 2. The summed E-state index contributed by atoms with van der Waals surface area (Å²) in [5.41, 5.74) is 1.15. The first-order valence-electron chi connectivity index (χ1n) is 6.24. The quantitative estimate of drug-likeness (QED) is 0.756. The van der Waals surface area contributed by atoms with Gasteiger partial charge >= 0.3 is 6.01 Å². The van der Waals surface area contributed by atoms with Gasteiger partial charge in [-0.15, -0.1) is 5.10 Å². The van der Waals surface area contributed by atoms with Gasteiger partial charge in [-0.05, 0) is 24.6 Å². The zero-order chi connectivity index (χ0) is 14.4. The molecule has 1 heterocycles. The highest BCUT2D eigenvalue weighted by molar-refractivity contribution is 5.53. The molecule has 0 spiro atoms. The van der Waals surface area contributed by atoms with Crippen molar-refractivity contribution in [3.05, 3.63) is 35.5 Å². The molecule has 20 heavy (non-hydrogen) atoms. The fraction of sp³-hybridized carbons (Fsp3) is 0.385. The van der Waals surface area contributed by atoms with Crippen LogP contribution in [0.5, 0.6) is 0 Å². The van der Waals surface area contributed by atoms with E-state index in [0.29, 0.717) is 31.3 Å². The number of methoxy groups -OCH3 is 1. The van der Waals surface area contributed by atoms with Gasteiger partial charge in [0.2, 0.25) is 5.89 Å². The number of ether oxygens (including phenoxy) is 1. The highest BCUT2D eigenvalue weighted by Gasteiger charge is 2.08. The largest absolute Gasteiger partial charge is 0.406 e. The molecule has 0 unspecified atom stereocenters. The average molecular weight is 280 g/mol. The van der Waals surface area contributed by atoms with Crippen LogP contribution in [0.1, 0.15) is 11.5 Å². The minimum atomic E-state index is -0.358. The van der Waals surface area contributed by atoms with Crippen LogP contribution in [0.25, 0.3) is 0 Å². The van der Waals surface area contributed by atoms with Crippen molar-refractivity contribution in [2.45, 2.75) is 13.5 Å². The molecule has 0 radical (unpaired) electrons. The highest BCUT2D eigenvalue weighted by Crippen LogP contribution is 2.19. The predicted molar refractivity (Wildman–Crippen MR) is 72.3 cm³/mol. The Labute approximate surface area is 116 Å². The van der Waals surface area contributed by atoms with Crippen molar-refractivity contribution >= 4 is 11.7 Å². The van der Waals surface area contributed by atoms with E-state index in [1.807, 2.05) is 6.92 Å². The molecule has 0 aliphatic carbocycles. The maximum atomic E-state index is 13.7. The summed E-state index contributed by atoms with van der Waals surface area (Å²) in [6.45, 7) is 3.56. The fourth-order valence-corrected chi connectivity index (χ4v) is 1.58. The van der Waals surface area contributed by atoms with Crippen molar-refractivity contribution in [1.82, 2.24) is 15.5 Å². The van der Waals surface area contributed by atoms with Gasteiger partial charge in [0.1, 0.15) is 5.82 Å². The SMILES string of the molecule is COCCNCc1nnc(Nc2ccc(C)cc2F)o1. The summed E-state index contributed by atoms with van der Waals surface area (Å²) in [5.74, 6) is 0.0686. The molecule has 2 aromatic rings. The average Bonchev–Trinajstić information content (AvgIpc) is 2.86. The summed E-state index contributed by atoms with van der Waals surface area (Å²) in [4.78, 5) is 0. The highest BCUT2D eigenvalue weighted by atomic mass is 19.1. The number of hydrogen-bond acceptors (Lipinski definition) is 6. The Balaban J connectivity index is 1.92. The van der Waals surface area contributed by atoms with Crippen LogP contribution < -0.4 is 10.6 Å². The zero-order valence-corrected chi connectivity index (χ0v) is 11.4. The van der Waals surface area contributed by atoms with E-state index in [4.69, 9.17) is 9.15 Å². The lowest BCUT2D eigenvalue weighted by Gasteiger charge is -2.03. The Morgan fingerprint density at radius 3 is 2.95 bits per heavy atom. The van der Waals surface area contributed by atoms with Crippen LogP contribution in [0.15, 0.2) is 22.6 Å². The van der Waals surface area contributed by atoms with Gasteiger partial charge in [-0.25, -0.2) is 4.39 Å². The van der Waals surface area contributed by atoms with Crippen molar-refractivity contribution in [2.24, 2.45) is 0 Å². The third-order valence-electron chi connectivity index (χ3n) is 2.59. The van der Waals surface area contributed by atoms with Crippen LogP contribution in [-0.4, -0.2) is 30.5 Å². The molecule has 1 aromatic carbocycles. The molecule has 6 nitrogen and oxygen atoms in total.